The largest absolute Gasteiger partial charge is 0.393 e. The molecular weight excluding hydrogens is 270 g/mol. The molecule has 21 heavy (non-hydrogen) atoms. The van der Waals surface area contributed by atoms with Crippen LogP contribution < -0.4 is 5.32 Å². The fourth-order valence-corrected chi connectivity index (χ4v) is 2.75. The van der Waals surface area contributed by atoms with Crippen LogP contribution in [0, 0.1) is 5.92 Å². The summed E-state index contributed by atoms with van der Waals surface area (Å²) in [5.74, 6) is 0.199. The van der Waals surface area contributed by atoms with E-state index in [0.717, 1.165) is 11.3 Å². The van der Waals surface area contributed by atoms with Crippen LogP contribution in [0.1, 0.15) is 30.1 Å². The Hall–Kier alpha value is -2.15. The monoisotopic (exact) mass is 289 g/mol. The molecule has 0 radical (unpaired) electrons. The molecule has 3 N–H and O–H groups in total. The number of nitrogens with one attached hydrogen (secondary N) is 2. The Morgan fingerprint density at radius 3 is 2.95 bits per heavy atom. The normalized spacial score (nSPS) is 22.6. The number of amides is 1. The van der Waals surface area contributed by atoms with Crippen LogP contribution in [-0.4, -0.2) is 36.9 Å². The van der Waals surface area contributed by atoms with Crippen molar-refractivity contribution >= 4 is 5.91 Å². The minimum Gasteiger partial charge on any atom is -0.393 e. The summed E-state index contributed by atoms with van der Waals surface area (Å²) >= 11 is 0. The topological polar surface area (TPSA) is 95.8 Å². The highest BCUT2D eigenvalue weighted by Gasteiger charge is 2.36. The summed E-state index contributed by atoms with van der Waals surface area (Å²) in [5, 5.41) is 16.7. The number of aliphatic hydroxyl groups is 1. The van der Waals surface area contributed by atoms with Crippen LogP contribution in [0.15, 0.2) is 24.9 Å². The van der Waals surface area contributed by atoms with Gasteiger partial charge in [-0.25, -0.2) is 4.98 Å². The van der Waals surface area contributed by atoms with Gasteiger partial charge in [0.05, 0.1) is 31.1 Å². The Kier molecular flexibility index (Phi) is 3.74. The van der Waals surface area contributed by atoms with E-state index in [2.05, 4.69) is 20.4 Å². The number of imidazole rings is 1. The number of nitrogens with zero attached hydrogens (tertiary/aromatic N) is 3. The van der Waals surface area contributed by atoms with Crippen LogP contribution in [0.2, 0.25) is 0 Å². The molecule has 2 heterocycles. The second-order valence-corrected chi connectivity index (χ2v) is 5.63. The van der Waals surface area contributed by atoms with Gasteiger partial charge in [0, 0.05) is 30.7 Å². The first-order valence-electron chi connectivity index (χ1n) is 7.05. The van der Waals surface area contributed by atoms with E-state index in [1.807, 2.05) is 13.2 Å². The highest BCUT2D eigenvalue weighted by atomic mass is 16.3. The molecule has 1 fully saturated rings. The summed E-state index contributed by atoms with van der Waals surface area (Å²) in [6.07, 6.45) is 8.32. The summed E-state index contributed by atoms with van der Waals surface area (Å²) in [6.45, 7) is 0. The van der Waals surface area contributed by atoms with Gasteiger partial charge in [-0.3, -0.25) is 9.48 Å². The Bertz CT molecular complexity index is 601. The number of aliphatic hydroxyl groups excluding tert-OH is 1. The van der Waals surface area contributed by atoms with Gasteiger partial charge in [-0.05, 0) is 18.8 Å². The van der Waals surface area contributed by atoms with Crippen molar-refractivity contribution in [3.05, 3.63) is 36.2 Å². The van der Waals surface area contributed by atoms with Crippen LogP contribution in [0.4, 0.5) is 0 Å². The van der Waals surface area contributed by atoms with Crippen LogP contribution in [0.3, 0.4) is 0 Å². The summed E-state index contributed by atoms with van der Waals surface area (Å²) < 4.78 is 1.72. The molecule has 1 saturated carbocycles. The lowest BCUT2D eigenvalue weighted by Crippen LogP contribution is -2.41. The third-order valence-electron chi connectivity index (χ3n) is 3.93. The van der Waals surface area contributed by atoms with Crippen molar-refractivity contribution in [2.45, 2.75) is 31.4 Å². The van der Waals surface area contributed by atoms with Crippen molar-refractivity contribution < 1.29 is 9.90 Å². The van der Waals surface area contributed by atoms with Gasteiger partial charge in [0.1, 0.15) is 0 Å². The number of hydrogen-bond donors (Lipinski definition) is 3. The summed E-state index contributed by atoms with van der Waals surface area (Å²) in [4.78, 5) is 19.0. The average molecular weight is 289 g/mol. The number of aromatic amines is 1. The lowest BCUT2D eigenvalue weighted by molar-refractivity contribution is -0.122. The molecule has 7 nitrogen and oxygen atoms in total. The second kappa shape index (κ2) is 5.69. The van der Waals surface area contributed by atoms with Crippen LogP contribution in [0.25, 0.3) is 0 Å². The number of H-pyrrole nitrogens is 1. The lowest BCUT2D eigenvalue weighted by atomic mass is 9.75. The molecule has 3 rings (SSSR count). The predicted octanol–water partition coefficient (Wildman–Crippen LogP) is 0.314. The molecule has 0 aromatic carbocycles. The molecule has 0 aliphatic heterocycles. The molecule has 7 heteroatoms. The van der Waals surface area contributed by atoms with Gasteiger partial charge in [0.25, 0.3) is 0 Å². The zero-order valence-corrected chi connectivity index (χ0v) is 11.9. The van der Waals surface area contributed by atoms with Gasteiger partial charge in [0.2, 0.25) is 5.91 Å². The lowest BCUT2D eigenvalue weighted by Gasteiger charge is -2.37. The van der Waals surface area contributed by atoms with E-state index in [4.69, 9.17) is 0 Å². The number of hydrogen-bond acceptors (Lipinski definition) is 4. The molecule has 1 amide bonds. The van der Waals surface area contributed by atoms with Gasteiger partial charge < -0.3 is 15.4 Å². The summed E-state index contributed by atoms with van der Waals surface area (Å²) in [5.41, 5.74) is 1.76. The van der Waals surface area contributed by atoms with Gasteiger partial charge in [-0.15, -0.1) is 0 Å². The molecule has 1 aliphatic rings. The van der Waals surface area contributed by atoms with E-state index in [1.165, 1.54) is 0 Å². The van der Waals surface area contributed by atoms with Gasteiger partial charge in [-0.2, -0.15) is 5.10 Å². The van der Waals surface area contributed by atoms with Crippen LogP contribution in [-0.2, 0) is 18.3 Å². The van der Waals surface area contributed by atoms with Crippen molar-refractivity contribution in [1.82, 2.24) is 25.1 Å². The maximum Gasteiger partial charge on any atom is 0.226 e. The standard InChI is InChI=1S/C14H19N5O2/c1-19-7-10(5-17-19)14(9-2-12(20)3-9)18-13(21)4-11-6-15-8-16-11/h5-9,12,14,20H,2-4H2,1H3,(H,15,16)(H,18,21)/t9?,12?,14-/m1/s1. The number of rotatable bonds is 5. The van der Waals surface area contributed by atoms with Crippen LogP contribution in [0.5, 0.6) is 0 Å². The fraction of sp³-hybridized carbons (Fsp3) is 0.500. The van der Waals surface area contributed by atoms with Crippen molar-refractivity contribution in [3.63, 3.8) is 0 Å². The van der Waals surface area contributed by atoms with Crippen LogP contribution >= 0.6 is 0 Å². The van der Waals surface area contributed by atoms with E-state index in [-0.39, 0.29) is 30.4 Å². The quantitative estimate of drug-likeness (QED) is 0.738. The number of carbonyl (C=O) groups excluding carboxylic acids is 1. The third-order valence-corrected chi connectivity index (χ3v) is 3.93. The smallest absolute Gasteiger partial charge is 0.226 e. The van der Waals surface area contributed by atoms with E-state index < -0.39 is 0 Å². The molecule has 0 unspecified atom stereocenters. The minimum absolute atomic E-state index is 0.0607. The highest BCUT2D eigenvalue weighted by Crippen LogP contribution is 2.37. The Labute approximate surface area is 122 Å². The fourth-order valence-electron chi connectivity index (χ4n) is 2.75. The third kappa shape index (κ3) is 3.13. The molecule has 1 atom stereocenters. The van der Waals surface area contributed by atoms with E-state index in [1.54, 1.807) is 23.4 Å². The maximum absolute atomic E-state index is 12.2. The Morgan fingerprint density at radius 1 is 1.57 bits per heavy atom. The Morgan fingerprint density at radius 2 is 2.38 bits per heavy atom. The zero-order valence-electron chi connectivity index (χ0n) is 11.9. The molecule has 0 bridgehead atoms. The number of aromatic nitrogens is 4. The van der Waals surface area contributed by atoms with Crippen molar-refractivity contribution in [3.8, 4) is 0 Å². The first kappa shape index (κ1) is 13.8. The summed E-state index contributed by atoms with van der Waals surface area (Å²) in [7, 11) is 1.85. The summed E-state index contributed by atoms with van der Waals surface area (Å²) in [6, 6.07) is -0.0995. The van der Waals surface area contributed by atoms with E-state index in [0.29, 0.717) is 12.8 Å². The first-order chi connectivity index (χ1) is 10.1. The highest BCUT2D eigenvalue weighted by molar-refractivity contribution is 5.78. The minimum atomic E-state index is -0.251. The molecule has 112 valence electrons. The van der Waals surface area contributed by atoms with E-state index in [9.17, 15) is 9.90 Å². The SMILES string of the molecule is Cn1cc([C@H](NC(=O)Cc2cnc[nH]2)C2CC(O)C2)cn1. The van der Waals surface area contributed by atoms with Crippen molar-refractivity contribution in [2.24, 2.45) is 13.0 Å². The van der Waals surface area contributed by atoms with Crippen molar-refractivity contribution in [1.29, 1.82) is 0 Å². The first-order valence-corrected chi connectivity index (χ1v) is 7.05. The Balaban J connectivity index is 1.68. The molecule has 0 saturated heterocycles. The van der Waals surface area contributed by atoms with Gasteiger partial charge in [-0.1, -0.05) is 0 Å². The maximum atomic E-state index is 12.2. The average Bonchev–Trinajstić information content (AvgIpc) is 3.04. The molecule has 1 aliphatic carbocycles. The molecule has 0 spiro atoms. The van der Waals surface area contributed by atoms with E-state index >= 15 is 0 Å². The van der Waals surface area contributed by atoms with Crippen molar-refractivity contribution in [2.75, 3.05) is 0 Å². The number of carbonyl (C=O) groups is 1. The second-order valence-electron chi connectivity index (χ2n) is 5.63. The molecule has 2 aromatic rings. The van der Waals surface area contributed by atoms with Gasteiger partial charge >= 0.3 is 0 Å². The number of aryl methyl sites for hydroxylation is 1. The zero-order chi connectivity index (χ0) is 14.8. The molecular formula is C14H19N5O2. The predicted molar refractivity (Wildman–Crippen MR) is 75.1 cm³/mol. The molecule has 2 aromatic heterocycles. The van der Waals surface area contributed by atoms with Gasteiger partial charge in [0.15, 0.2) is 0 Å².